The van der Waals surface area contributed by atoms with E-state index in [0.29, 0.717) is 25.7 Å². The monoisotopic (exact) mass is 499 g/mol. The smallest absolute Gasteiger partial charge is 0.407 e. The lowest BCUT2D eigenvalue weighted by Crippen LogP contribution is -2.45. The number of likely N-dealkylation sites (N-methyl/N-ethyl adjacent to an activating group) is 1. The number of hydrogen-bond acceptors (Lipinski definition) is 5. The van der Waals surface area contributed by atoms with E-state index >= 15 is 0 Å². The number of likely N-dealkylation sites (tertiary alicyclic amines) is 1. The van der Waals surface area contributed by atoms with Crippen LogP contribution in [0.25, 0.3) is 0 Å². The highest BCUT2D eigenvalue weighted by Gasteiger charge is 2.28. The minimum absolute atomic E-state index is 0. The molecule has 1 saturated heterocycles. The van der Waals surface area contributed by atoms with Crippen molar-refractivity contribution in [1.82, 2.24) is 20.4 Å². The first-order valence-electron chi connectivity index (χ1n) is 8.84. The third kappa shape index (κ3) is 10.6. The van der Waals surface area contributed by atoms with Crippen LogP contribution in [0.5, 0.6) is 0 Å². The van der Waals surface area contributed by atoms with Crippen molar-refractivity contribution < 1.29 is 19.1 Å². The third-order valence-electron chi connectivity index (χ3n) is 3.66. The summed E-state index contributed by atoms with van der Waals surface area (Å²) >= 11 is 0. The molecule has 1 rings (SSSR count). The van der Waals surface area contributed by atoms with Crippen molar-refractivity contribution in [3.8, 4) is 0 Å². The number of carbonyl (C=O) groups excluding carboxylic acids is 2. The Morgan fingerprint density at radius 1 is 1.30 bits per heavy atom. The second-order valence-electron chi connectivity index (χ2n) is 7.43. The number of alkyl carbamates (subject to hydrolysis) is 1. The van der Waals surface area contributed by atoms with Crippen molar-refractivity contribution in [2.24, 2.45) is 4.99 Å². The number of aliphatic imine (C=N–C) groups is 1. The van der Waals surface area contributed by atoms with E-state index in [2.05, 4.69) is 15.6 Å². The number of nitrogens with one attached hydrogen (secondary N) is 2. The molecule has 10 heteroatoms. The molecule has 9 nitrogen and oxygen atoms in total. The van der Waals surface area contributed by atoms with Crippen LogP contribution in [0.4, 0.5) is 4.79 Å². The zero-order chi connectivity index (χ0) is 19.7. The maximum atomic E-state index is 11.9. The van der Waals surface area contributed by atoms with Gasteiger partial charge < -0.3 is 29.9 Å². The largest absolute Gasteiger partial charge is 0.444 e. The lowest BCUT2D eigenvalue weighted by molar-refractivity contribution is -0.127. The van der Waals surface area contributed by atoms with Crippen molar-refractivity contribution in [2.75, 3.05) is 54.0 Å². The van der Waals surface area contributed by atoms with Crippen molar-refractivity contribution in [1.29, 1.82) is 0 Å². The molecule has 2 N–H and O–H groups in total. The van der Waals surface area contributed by atoms with Gasteiger partial charge in [-0.1, -0.05) is 0 Å². The van der Waals surface area contributed by atoms with Gasteiger partial charge in [0, 0.05) is 40.8 Å². The summed E-state index contributed by atoms with van der Waals surface area (Å²) in [7, 11) is 5.03. The molecule has 0 saturated carbocycles. The summed E-state index contributed by atoms with van der Waals surface area (Å²) in [5.74, 6) is 0.574. The predicted octanol–water partition coefficient (Wildman–Crippen LogP) is 0.884. The fraction of sp³-hybridized carbons (Fsp3) is 0.824. The Kier molecular flexibility index (Phi) is 11.6. The predicted molar refractivity (Wildman–Crippen MR) is 116 cm³/mol. The molecule has 1 fully saturated rings. The van der Waals surface area contributed by atoms with Gasteiger partial charge >= 0.3 is 6.09 Å². The van der Waals surface area contributed by atoms with E-state index in [1.54, 1.807) is 21.2 Å². The molecule has 1 unspecified atom stereocenters. The van der Waals surface area contributed by atoms with E-state index in [-0.39, 0.29) is 42.5 Å². The molecular weight excluding hydrogens is 465 g/mol. The minimum Gasteiger partial charge on any atom is -0.444 e. The molecule has 2 amide bonds. The Hall–Kier alpha value is -1.30. The highest BCUT2D eigenvalue weighted by atomic mass is 127. The highest BCUT2D eigenvalue weighted by Crippen LogP contribution is 2.12. The van der Waals surface area contributed by atoms with E-state index in [4.69, 9.17) is 9.47 Å². The van der Waals surface area contributed by atoms with E-state index in [0.717, 1.165) is 13.0 Å². The molecule has 1 aliphatic heterocycles. The molecule has 0 aliphatic carbocycles. The van der Waals surface area contributed by atoms with Gasteiger partial charge in [0.25, 0.3) is 0 Å². The van der Waals surface area contributed by atoms with Crippen molar-refractivity contribution in [3.63, 3.8) is 0 Å². The average Bonchev–Trinajstić information content (AvgIpc) is 2.96. The van der Waals surface area contributed by atoms with Crippen LogP contribution < -0.4 is 10.6 Å². The number of halogens is 1. The van der Waals surface area contributed by atoms with E-state index in [1.807, 2.05) is 25.7 Å². The van der Waals surface area contributed by atoms with Crippen LogP contribution in [-0.2, 0) is 14.3 Å². The average molecular weight is 499 g/mol. The molecule has 1 atom stereocenters. The van der Waals surface area contributed by atoms with Crippen molar-refractivity contribution in [3.05, 3.63) is 0 Å². The number of hydrogen-bond donors (Lipinski definition) is 2. The summed E-state index contributed by atoms with van der Waals surface area (Å²) in [5.41, 5.74) is -0.525. The standard InChI is InChI=1S/C17H33N5O4.HI/c1-17(2,3)26-16(24)20-13-7-9-22(12-13)15(18-8-10-25-6)19-11-14(23)21(4)5;/h13H,7-12H2,1-6H3,(H,18,19)(H,20,24);1H. The fourth-order valence-electron chi connectivity index (χ4n) is 2.36. The molecule has 0 aromatic rings. The van der Waals surface area contributed by atoms with Crippen LogP contribution in [-0.4, -0.2) is 93.4 Å². The summed E-state index contributed by atoms with van der Waals surface area (Å²) in [6.07, 6.45) is 0.365. The van der Waals surface area contributed by atoms with Gasteiger partial charge in [-0.25, -0.2) is 9.79 Å². The molecule has 0 spiro atoms. The Labute approximate surface area is 179 Å². The lowest BCUT2D eigenvalue weighted by Gasteiger charge is -2.23. The first kappa shape index (κ1) is 25.7. The highest BCUT2D eigenvalue weighted by molar-refractivity contribution is 14.0. The van der Waals surface area contributed by atoms with Gasteiger partial charge in [-0.05, 0) is 27.2 Å². The lowest BCUT2D eigenvalue weighted by atomic mass is 10.2. The number of methoxy groups -OCH3 is 1. The van der Waals surface area contributed by atoms with Crippen molar-refractivity contribution in [2.45, 2.75) is 38.8 Å². The van der Waals surface area contributed by atoms with Crippen LogP contribution in [0.2, 0.25) is 0 Å². The van der Waals surface area contributed by atoms with E-state index in [1.165, 1.54) is 4.90 Å². The fourth-order valence-corrected chi connectivity index (χ4v) is 2.36. The van der Waals surface area contributed by atoms with E-state index in [9.17, 15) is 9.59 Å². The Balaban J connectivity index is 0.00000676. The Morgan fingerprint density at radius 3 is 2.52 bits per heavy atom. The number of guanidine groups is 1. The molecular formula is C17H34IN5O4. The molecule has 1 heterocycles. The SMILES string of the molecule is COCCNC(=NCC(=O)N(C)C)N1CCC(NC(=O)OC(C)(C)C)C1.I. The Bertz CT molecular complexity index is 508. The van der Waals surface area contributed by atoms with Gasteiger partial charge in [0.05, 0.1) is 12.6 Å². The van der Waals surface area contributed by atoms with Gasteiger partial charge in [0.1, 0.15) is 12.1 Å². The molecule has 0 radical (unpaired) electrons. The van der Waals surface area contributed by atoms with Crippen LogP contribution in [0.3, 0.4) is 0 Å². The first-order valence-corrected chi connectivity index (χ1v) is 8.84. The Morgan fingerprint density at radius 2 is 1.96 bits per heavy atom. The maximum absolute atomic E-state index is 11.9. The third-order valence-corrected chi connectivity index (χ3v) is 3.66. The molecule has 0 aromatic heterocycles. The minimum atomic E-state index is -0.525. The number of ether oxygens (including phenoxy) is 2. The second-order valence-corrected chi connectivity index (χ2v) is 7.43. The van der Waals surface area contributed by atoms with Crippen LogP contribution in [0.15, 0.2) is 4.99 Å². The number of amides is 2. The van der Waals surface area contributed by atoms with Gasteiger partial charge in [0.15, 0.2) is 5.96 Å². The summed E-state index contributed by atoms with van der Waals surface area (Å²) in [6.45, 7) is 8.03. The quantitative estimate of drug-likeness (QED) is 0.244. The second kappa shape index (κ2) is 12.2. The van der Waals surface area contributed by atoms with Gasteiger partial charge in [-0.2, -0.15) is 0 Å². The zero-order valence-corrected chi connectivity index (χ0v) is 19.5. The van der Waals surface area contributed by atoms with Crippen LogP contribution in [0.1, 0.15) is 27.2 Å². The normalized spacial score (nSPS) is 17.2. The summed E-state index contributed by atoms with van der Waals surface area (Å²) < 4.78 is 10.4. The molecule has 1 aliphatic rings. The molecule has 158 valence electrons. The number of nitrogens with zero attached hydrogens (tertiary/aromatic N) is 3. The van der Waals surface area contributed by atoms with Crippen molar-refractivity contribution >= 4 is 41.9 Å². The van der Waals surface area contributed by atoms with Gasteiger partial charge in [-0.3, -0.25) is 4.79 Å². The van der Waals surface area contributed by atoms with Gasteiger partial charge in [0.2, 0.25) is 5.91 Å². The summed E-state index contributed by atoms with van der Waals surface area (Å²) in [5, 5.41) is 6.09. The van der Waals surface area contributed by atoms with Gasteiger partial charge in [-0.15, -0.1) is 24.0 Å². The summed E-state index contributed by atoms with van der Waals surface area (Å²) in [4.78, 5) is 31.7. The summed E-state index contributed by atoms with van der Waals surface area (Å²) in [6, 6.07) is -0.0242. The first-order chi connectivity index (χ1) is 12.1. The molecule has 0 bridgehead atoms. The zero-order valence-electron chi connectivity index (χ0n) is 17.2. The number of carbonyl (C=O) groups is 2. The number of rotatable bonds is 6. The maximum Gasteiger partial charge on any atom is 0.407 e. The van der Waals surface area contributed by atoms with E-state index < -0.39 is 11.7 Å². The molecule has 0 aromatic carbocycles. The van der Waals surface area contributed by atoms with Crippen LogP contribution >= 0.6 is 24.0 Å². The van der Waals surface area contributed by atoms with Crippen LogP contribution in [0, 0.1) is 0 Å². The molecule has 27 heavy (non-hydrogen) atoms. The topological polar surface area (TPSA) is 95.5 Å².